The highest BCUT2D eigenvalue weighted by Gasteiger charge is 2.08. The molecule has 0 saturated heterocycles. The summed E-state index contributed by atoms with van der Waals surface area (Å²) in [6.07, 6.45) is 0.142. The predicted octanol–water partition coefficient (Wildman–Crippen LogP) is 0.555. The van der Waals surface area contributed by atoms with E-state index in [9.17, 15) is 14.4 Å². The number of ether oxygens (including phenoxy) is 1. The zero-order chi connectivity index (χ0) is 16.2. The van der Waals surface area contributed by atoms with Crippen molar-refractivity contribution in [2.75, 3.05) is 19.6 Å². The Balaban J connectivity index is 2.12. The van der Waals surface area contributed by atoms with Crippen molar-refractivity contribution >= 4 is 17.9 Å². The van der Waals surface area contributed by atoms with Crippen molar-refractivity contribution in [3.63, 3.8) is 0 Å². The minimum Gasteiger partial charge on any atom is -0.445 e. The first-order valence-electron chi connectivity index (χ1n) is 7.09. The molecular formula is C15H21N3O4. The molecule has 0 bridgehead atoms. The van der Waals surface area contributed by atoms with Gasteiger partial charge in [0, 0.05) is 6.54 Å². The second-order valence-electron chi connectivity index (χ2n) is 4.54. The third-order valence-electron chi connectivity index (χ3n) is 2.62. The fourth-order valence-electron chi connectivity index (χ4n) is 1.49. The van der Waals surface area contributed by atoms with Crippen molar-refractivity contribution in [1.29, 1.82) is 0 Å². The first kappa shape index (κ1) is 17.5. The molecule has 0 fully saturated rings. The van der Waals surface area contributed by atoms with Gasteiger partial charge >= 0.3 is 6.09 Å². The first-order chi connectivity index (χ1) is 10.6. The third kappa shape index (κ3) is 7.88. The third-order valence-corrected chi connectivity index (χ3v) is 2.62. The maximum absolute atomic E-state index is 11.4. The molecule has 0 aliphatic heterocycles. The van der Waals surface area contributed by atoms with Gasteiger partial charge in [0.2, 0.25) is 11.8 Å². The summed E-state index contributed by atoms with van der Waals surface area (Å²) >= 11 is 0. The molecule has 0 aromatic heterocycles. The number of amides is 3. The van der Waals surface area contributed by atoms with E-state index in [-0.39, 0.29) is 25.6 Å². The zero-order valence-corrected chi connectivity index (χ0v) is 12.6. The Hall–Kier alpha value is -2.57. The van der Waals surface area contributed by atoms with Gasteiger partial charge in [-0.15, -0.1) is 0 Å². The lowest BCUT2D eigenvalue weighted by atomic mass is 10.2. The minimum atomic E-state index is -0.686. The number of benzene rings is 1. The number of nitrogens with one attached hydrogen (secondary N) is 3. The lowest BCUT2D eigenvalue weighted by Gasteiger charge is -2.08. The van der Waals surface area contributed by atoms with Gasteiger partial charge in [0.1, 0.15) is 13.2 Å². The van der Waals surface area contributed by atoms with Crippen LogP contribution >= 0.6 is 0 Å². The second kappa shape index (κ2) is 10.2. The van der Waals surface area contributed by atoms with Crippen molar-refractivity contribution in [2.24, 2.45) is 0 Å². The van der Waals surface area contributed by atoms with Crippen molar-refractivity contribution in [3.8, 4) is 0 Å². The molecule has 0 aliphatic rings. The molecule has 0 aliphatic carbocycles. The van der Waals surface area contributed by atoms with Gasteiger partial charge in [-0.3, -0.25) is 9.59 Å². The molecule has 1 rings (SSSR count). The van der Waals surface area contributed by atoms with E-state index in [2.05, 4.69) is 16.0 Å². The molecule has 22 heavy (non-hydrogen) atoms. The van der Waals surface area contributed by atoms with E-state index in [1.165, 1.54) is 0 Å². The second-order valence-corrected chi connectivity index (χ2v) is 4.54. The van der Waals surface area contributed by atoms with Crippen LogP contribution in [0.2, 0.25) is 0 Å². The summed E-state index contributed by atoms with van der Waals surface area (Å²) in [7, 11) is 0. The van der Waals surface area contributed by atoms with Crippen molar-refractivity contribution < 1.29 is 19.1 Å². The highest BCUT2D eigenvalue weighted by Crippen LogP contribution is 2.00. The number of hydrogen-bond acceptors (Lipinski definition) is 4. The highest BCUT2D eigenvalue weighted by molar-refractivity contribution is 5.87. The monoisotopic (exact) mass is 307 g/mol. The van der Waals surface area contributed by atoms with Crippen LogP contribution < -0.4 is 16.0 Å². The molecule has 120 valence electrons. The van der Waals surface area contributed by atoms with Crippen LogP contribution in [0.15, 0.2) is 30.3 Å². The van der Waals surface area contributed by atoms with Crippen LogP contribution in [0.1, 0.15) is 18.9 Å². The Labute approximate surface area is 129 Å². The number of alkyl carbamates (subject to hydrolysis) is 1. The molecule has 0 saturated carbocycles. The van der Waals surface area contributed by atoms with E-state index in [1.807, 2.05) is 37.3 Å². The number of carbonyl (C=O) groups is 3. The summed E-state index contributed by atoms with van der Waals surface area (Å²) < 4.78 is 4.95. The average Bonchev–Trinajstić information content (AvgIpc) is 2.55. The molecule has 1 aromatic carbocycles. The van der Waals surface area contributed by atoms with Gasteiger partial charge in [0.25, 0.3) is 0 Å². The first-order valence-corrected chi connectivity index (χ1v) is 7.09. The Kier molecular flexibility index (Phi) is 8.10. The largest absolute Gasteiger partial charge is 0.445 e. The molecule has 0 heterocycles. The minimum absolute atomic E-state index is 0.112. The summed E-state index contributed by atoms with van der Waals surface area (Å²) in [5.41, 5.74) is 0.856. The van der Waals surface area contributed by atoms with Crippen LogP contribution in [-0.4, -0.2) is 37.5 Å². The SMILES string of the molecule is CCCNC(=O)CNC(=O)CNC(=O)OCc1ccccc1. The zero-order valence-electron chi connectivity index (χ0n) is 12.6. The number of rotatable bonds is 8. The maximum atomic E-state index is 11.4. The molecule has 1 aromatic rings. The fraction of sp³-hybridized carbons (Fsp3) is 0.400. The highest BCUT2D eigenvalue weighted by atomic mass is 16.5. The lowest BCUT2D eigenvalue weighted by molar-refractivity contribution is -0.125. The van der Waals surface area contributed by atoms with Crippen LogP contribution in [0.5, 0.6) is 0 Å². The van der Waals surface area contributed by atoms with Crippen LogP contribution in [-0.2, 0) is 20.9 Å². The van der Waals surface area contributed by atoms with Crippen LogP contribution in [0.3, 0.4) is 0 Å². The summed E-state index contributed by atoms with van der Waals surface area (Å²) in [5.74, 6) is -0.717. The van der Waals surface area contributed by atoms with Crippen LogP contribution in [0.4, 0.5) is 4.79 Å². The summed E-state index contributed by atoms with van der Waals surface area (Å²) in [6, 6.07) is 9.20. The smallest absolute Gasteiger partial charge is 0.407 e. The molecule has 3 N–H and O–H groups in total. The Bertz CT molecular complexity index is 491. The van der Waals surface area contributed by atoms with E-state index in [0.29, 0.717) is 6.54 Å². The Morgan fingerprint density at radius 3 is 2.27 bits per heavy atom. The number of hydrogen-bond donors (Lipinski definition) is 3. The van der Waals surface area contributed by atoms with Gasteiger partial charge in [-0.25, -0.2) is 4.79 Å². The Morgan fingerprint density at radius 2 is 1.59 bits per heavy atom. The summed E-state index contributed by atoms with van der Waals surface area (Å²) in [6.45, 7) is 2.28. The molecule has 0 spiro atoms. The van der Waals surface area contributed by atoms with Gasteiger partial charge in [-0.05, 0) is 12.0 Å². The Morgan fingerprint density at radius 1 is 0.955 bits per heavy atom. The molecule has 0 radical (unpaired) electrons. The molecule has 3 amide bonds. The number of carbonyl (C=O) groups excluding carboxylic acids is 3. The maximum Gasteiger partial charge on any atom is 0.407 e. The van der Waals surface area contributed by atoms with Gasteiger partial charge < -0.3 is 20.7 Å². The van der Waals surface area contributed by atoms with Gasteiger partial charge in [-0.2, -0.15) is 0 Å². The van der Waals surface area contributed by atoms with E-state index >= 15 is 0 Å². The summed E-state index contributed by atoms with van der Waals surface area (Å²) in [4.78, 5) is 34.1. The molecule has 7 heteroatoms. The van der Waals surface area contributed by atoms with E-state index in [1.54, 1.807) is 0 Å². The fourth-order valence-corrected chi connectivity index (χ4v) is 1.49. The summed E-state index contributed by atoms with van der Waals surface area (Å²) in [5, 5.41) is 7.34. The quantitative estimate of drug-likeness (QED) is 0.653. The van der Waals surface area contributed by atoms with E-state index in [4.69, 9.17) is 4.74 Å². The van der Waals surface area contributed by atoms with E-state index in [0.717, 1.165) is 12.0 Å². The molecule has 7 nitrogen and oxygen atoms in total. The van der Waals surface area contributed by atoms with Gasteiger partial charge in [0.15, 0.2) is 0 Å². The van der Waals surface area contributed by atoms with Crippen LogP contribution in [0, 0.1) is 0 Å². The predicted molar refractivity (Wildman–Crippen MR) is 80.9 cm³/mol. The molecule has 0 atom stereocenters. The van der Waals surface area contributed by atoms with Gasteiger partial charge in [-0.1, -0.05) is 37.3 Å². The van der Waals surface area contributed by atoms with E-state index < -0.39 is 12.0 Å². The lowest BCUT2D eigenvalue weighted by Crippen LogP contribution is -2.42. The van der Waals surface area contributed by atoms with Crippen LogP contribution in [0.25, 0.3) is 0 Å². The topological polar surface area (TPSA) is 96.5 Å². The molecular weight excluding hydrogens is 286 g/mol. The normalized spacial score (nSPS) is 9.68. The molecule has 0 unspecified atom stereocenters. The standard InChI is InChI=1S/C15H21N3O4/c1-2-8-16-13(19)9-17-14(20)10-18-15(21)22-11-12-6-4-3-5-7-12/h3-7H,2,8-11H2,1H3,(H,16,19)(H,17,20)(H,18,21). The average molecular weight is 307 g/mol. The van der Waals surface area contributed by atoms with Crippen molar-refractivity contribution in [1.82, 2.24) is 16.0 Å². The van der Waals surface area contributed by atoms with Crippen molar-refractivity contribution in [2.45, 2.75) is 20.0 Å². The van der Waals surface area contributed by atoms with Gasteiger partial charge in [0.05, 0.1) is 6.54 Å². The van der Waals surface area contributed by atoms with Crippen molar-refractivity contribution in [3.05, 3.63) is 35.9 Å².